The number of carbonyl (C=O) groups excluding carboxylic acids is 1. The van der Waals surface area contributed by atoms with Crippen molar-refractivity contribution in [3.8, 4) is 0 Å². The van der Waals surface area contributed by atoms with Crippen LogP contribution < -0.4 is 5.32 Å². The molecule has 0 aromatic carbocycles. The zero-order valence-electron chi connectivity index (χ0n) is 41.9. The van der Waals surface area contributed by atoms with Gasteiger partial charge in [0.2, 0.25) is 5.91 Å². The molecular formula is C56H111NO5. The van der Waals surface area contributed by atoms with Gasteiger partial charge in [-0.3, -0.25) is 4.79 Å². The zero-order valence-corrected chi connectivity index (χ0v) is 41.9. The van der Waals surface area contributed by atoms with Gasteiger partial charge >= 0.3 is 0 Å². The zero-order chi connectivity index (χ0) is 45.2. The molecule has 0 saturated carbocycles. The third kappa shape index (κ3) is 44.3. The quantitative estimate of drug-likeness (QED) is 0.0309. The predicted octanol–water partition coefficient (Wildman–Crippen LogP) is 16.1. The highest BCUT2D eigenvalue weighted by Crippen LogP contribution is 2.18. The summed E-state index contributed by atoms with van der Waals surface area (Å²) in [5.74, 6) is -0.591. The van der Waals surface area contributed by atoms with Crippen molar-refractivity contribution in [1.29, 1.82) is 0 Å². The molecule has 0 aromatic heterocycles. The topological polar surface area (TPSA) is 110 Å². The van der Waals surface area contributed by atoms with Gasteiger partial charge in [-0.25, -0.2) is 0 Å². The first-order chi connectivity index (χ1) is 30.5. The first-order valence-electron chi connectivity index (χ1n) is 28.1. The molecule has 62 heavy (non-hydrogen) atoms. The van der Waals surface area contributed by atoms with Gasteiger partial charge in [0, 0.05) is 0 Å². The molecule has 0 aliphatic rings. The molecule has 4 atom stereocenters. The molecule has 4 unspecified atom stereocenters. The summed E-state index contributed by atoms with van der Waals surface area (Å²) >= 11 is 0. The second kappa shape index (κ2) is 51.0. The molecule has 0 rings (SSSR count). The predicted molar refractivity (Wildman–Crippen MR) is 270 cm³/mol. The first-order valence-corrected chi connectivity index (χ1v) is 28.1. The lowest BCUT2D eigenvalue weighted by Gasteiger charge is -2.27. The number of aliphatic hydroxyl groups is 4. The summed E-state index contributed by atoms with van der Waals surface area (Å²) in [6, 6.07) is -0.996. The Morgan fingerprint density at radius 2 is 0.661 bits per heavy atom. The van der Waals surface area contributed by atoms with E-state index in [2.05, 4.69) is 31.3 Å². The normalized spacial score (nSPS) is 13.8. The van der Waals surface area contributed by atoms with Crippen molar-refractivity contribution in [3.05, 3.63) is 12.2 Å². The summed E-state index contributed by atoms with van der Waals surface area (Å²) in [5.41, 5.74) is 0. The number of hydrogen-bond donors (Lipinski definition) is 5. The number of nitrogens with one attached hydrogen (secondary N) is 1. The van der Waals surface area contributed by atoms with E-state index in [0.717, 1.165) is 38.5 Å². The third-order valence-electron chi connectivity index (χ3n) is 13.5. The number of carbonyl (C=O) groups is 1. The Morgan fingerprint density at radius 1 is 0.387 bits per heavy atom. The average molecular weight is 879 g/mol. The van der Waals surface area contributed by atoms with E-state index in [-0.39, 0.29) is 0 Å². The number of rotatable bonds is 52. The van der Waals surface area contributed by atoms with Crippen LogP contribution >= 0.6 is 0 Å². The fourth-order valence-corrected chi connectivity index (χ4v) is 9.06. The Kier molecular flexibility index (Phi) is 50.3. The second-order valence-corrected chi connectivity index (χ2v) is 19.6. The van der Waals surface area contributed by atoms with Crippen LogP contribution in [0, 0.1) is 0 Å². The molecule has 6 heteroatoms. The maximum atomic E-state index is 12.5. The molecule has 6 nitrogen and oxygen atoms in total. The molecule has 0 bridgehead atoms. The standard InChI is InChI=1S/C56H111NO5/c1-3-5-7-9-11-13-14-15-16-17-18-19-20-21-22-23-24-25-26-27-28-29-30-31-32-33-34-35-36-37-38-39-40-41-42-44-46-48-50-54(60)56(62)57-52(51-58)55(61)53(59)49-47-45-43-12-10-8-6-4-2/h12,43,52-55,58-61H,3-11,13-42,44-51H2,1-2H3,(H,57,62)/b43-12+. The van der Waals surface area contributed by atoms with Crippen LogP contribution in [0.15, 0.2) is 12.2 Å². The highest BCUT2D eigenvalue weighted by Gasteiger charge is 2.28. The molecule has 0 aliphatic carbocycles. The maximum Gasteiger partial charge on any atom is 0.249 e. The molecule has 0 saturated heterocycles. The monoisotopic (exact) mass is 878 g/mol. The molecule has 1 amide bonds. The van der Waals surface area contributed by atoms with Crippen molar-refractivity contribution in [2.24, 2.45) is 0 Å². The molecule has 0 fully saturated rings. The third-order valence-corrected chi connectivity index (χ3v) is 13.5. The summed E-state index contributed by atoms with van der Waals surface area (Å²) in [6.45, 7) is 4.00. The number of amides is 1. The Hall–Kier alpha value is -0.950. The van der Waals surface area contributed by atoms with E-state index in [1.54, 1.807) is 0 Å². The Balaban J connectivity index is 3.41. The smallest absolute Gasteiger partial charge is 0.249 e. The van der Waals surface area contributed by atoms with E-state index < -0.39 is 36.9 Å². The number of hydrogen-bond acceptors (Lipinski definition) is 5. The van der Waals surface area contributed by atoms with E-state index in [9.17, 15) is 25.2 Å². The highest BCUT2D eigenvalue weighted by molar-refractivity contribution is 5.80. The fraction of sp³-hybridized carbons (Fsp3) is 0.946. The number of aliphatic hydroxyl groups excluding tert-OH is 4. The van der Waals surface area contributed by atoms with E-state index in [0.29, 0.717) is 12.8 Å². The number of unbranched alkanes of at least 4 members (excludes halogenated alkanes) is 41. The van der Waals surface area contributed by atoms with Gasteiger partial charge in [-0.05, 0) is 38.5 Å². The van der Waals surface area contributed by atoms with Crippen LogP contribution in [0.5, 0.6) is 0 Å². The molecule has 0 radical (unpaired) electrons. The van der Waals surface area contributed by atoms with Crippen LogP contribution in [0.1, 0.15) is 309 Å². The second-order valence-electron chi connectivity index (χ2n) is 19.6. The summed E-state index contributed by atoms with van der Waals surface area (Å²) in [7, 11) is 0. The lowest BCUT2D eigenvalue weighted by molar-refractivity contribution is -0.132. The van der Waals surface area contributed by atoms with Crippen molar-refractivity contribution >= 4 is 5.91 Å². The molecule has 0 spiro atoms. The SMILES string of the molecule is CCCCC/C=C/CCCC(O)C(O)C(CO)NC(=O)C(O)CCCCCCCCCCCCCCCCCCCCCCCCCCCCCCCCCCCCCCCC. The Labute approximate surface area is 387 Å². The lowest BCUT2D eigenvalue weighted by atomic mass is 10.00. The largest absolute Gasteiger partial charge is 0.394 e. The van der Waals surface area contributed by atoms with E-state index in [1.165, 1.54) is 244 Å². The van der Waals surface area contributed by atoms with Gasteiger partial charge in [0.15, 0.2) is 0 Å². The van der Waals surface area contributed by atoms with Gasteiger partial charge in [0.05, 0.1) is 18.8 Å². The first kappa shape index (κ1) is 61.0. The molecule has 0 heterocycles. The summed E-state index contributed by atoms with van der Waals surface area (Å²) < 4.78 is 0. The summed E-state index contributed by atoms with van der Waals surface area (Å²) in [4.78, 5) is 12.5. The van der Waals surface area contributed by atoms with Crippen LogP contribution in [-0.2, 0) is 4.79 Å². The highest BCUT2D eigenvalue weighted by atomic mass is 16.3. The minimum absolute atomic E-state index is 0.368. The van der Waals surface area contributed by atoms with E-state index >= 15 is 0 Å². The van der Waals surface area contributed by atoms with Crippen LogP contribution in [0.2, 0.25) is 0 Å². The minimum atomic E-state index is -1.28. The van der Waals surface area contributed by atoms with Gasteiger partial charge in [-0.1, -0.05) is 283 Å². The summed E-state index contributed by atoms with van der Waals surface area (Å²) in [6.07, 6.45) is 60.6. The van der Waals surface area contributed by atoms with Crippen LogP contribution in [0.25, 0.3) is 0 Å². The molecular weight excluding hydrogens is 767 g/mol. The van der Waals surface area contributed by atoms with Gasteiger partial charge in [-0.15, -0.1) is 0 Å². The van der Waals surface area contributed by atoms with Crippen LogP contribution in [-0.4, -0.2) is 57.3 Å². The summed E-state index contributed by atoms with van der Waals surface area (Å²) in [5, 5.41) is 43.5. The fourth-order valence-electron chi connectivity index (χ4n) is 9.06. The molecule has 0 aliphatic heterocycles. The van der Waals surface area contributed by atoms with Crippen molar-refractivity contribution in [2.75, 3.05) is 6.61 Å². The average Bonchev–Trinajstić information content (AvgIpc) is 3.28. The van der Waals surface area contributed by atoms with Gasteiger partial charge in [0.25, 0.3) is 0 Å². The van der Waals surface area contributed by atoms with Gasteiger partial charge in [0.1, 0.15) is 12.2 Å². The van der Waals surface area contributed by atoms with Crippen LogP contribution in [0.3, 0.4) is 0 Å². The van der Waals surface area contributed by atoms with Crippen LogP contribution in [0.4, 0.5) is 0 Å². The van der Waals surface area contributed by atoms with Gasteiger partial charge in [-0.2, -0.15) is 0 Å². The molecule has 0 aromatic rings. The van der Waals surface area contributed by atoms with E-state index in [1.807, 2.05) is 0 Å². The van der Waals surface area contributed by atoms with Crippen molar-refractivity contribution < 1.29 is 25.2 Å². The van der Waals surface area contributed by atoms with E-state index in [4.69, 9.17) is 0 Å². The lowest BCUT2D eigenvalue weighted by Crippen LogP contribution is -2.53. The van der Waals surface area contributed by atoms with Crippen molar-refractivity contribution in [1.82, 2.24) is 5.32 Å². The minimum Gasteiger partial charge on any atom is -0.394 e. The van der Waals surface area contributed by atoms with Gasteiger partial charge < -0.3 is 25.7 Å². The molecule has 5 N–H and O–H groups in total. The van der Waals surface area contributed by atoms with Crippen molar-refractivity contribution in [3.63, 3.8) is 0 Å². The number of allylic oxidation sites excluding steroid dienone is 2. The van der Waals surface area contributed by atoms with Crippen molar-refractivity contribution in [2.45, 2.75) is 334 Å². The molecule has 370 valence electrons. The Morgan fingerprint density at radius 3 is 0.968 bits per heavy atom. The Bertz CT molecular complexity index is 898. The maximum absolute atomic E-state index is 12.5.